The highest BCUT2D eigenvalue weighted by atomic mass is 16.7. The second-order valence-electron chi connectivity index (χ2n) is 4.74. The van der Waals surface area contributed by atoms with Gasteiger partial charge in [0, 0.05) is 6.61 Å². The van der Waals surface area contributed by atoms with Crippen LogP contribution in [-0.2, 0) is 20.8 Å². The molecule has 2 atom stereocenters. The van der Waals surface area contributed by atoms with E-state index in [-0.39, 0.29) is 12.4 Å². The molecule has 1 fully saturated rings. The van der Waals surface area contributed by atoms with Gasteiger partial charge >= 0.3 is 0 Å². The molecule has 0 bridgehead atoms. The van der Waals surface area contributed by atoms with Crippen LogP contribution in [0.2, 0.25) is 0 Å². The van der Waals surface area contributed by atoms with Crippen LogP contribution in [0.3, 0.4) is 0 Å². The largest absolute Gasteiger partial charge is 0.374 e. The average Bonchev–Trinajstić information content (AvgIpc) is 2.41. The quantitative estimate of drug-likeness (QED) is 0.776. The van der Waals surface area contributed by atoms with Gasteiger partial charge in [-0.3, -0.25) is 0 Å². The first-order valence-corrected chi connectivity index (χ1v) is 6.73. The Morgan fingerprint density at radius 1 is 1.28 bits per heavy atom. The molecule has 1 aromatic rings. The Morgan fingerprint density at radius 2 is 2.11 bits per heavy atom. The van der Waals surface area contributed by atoms with E-state index in [1.54, 1.807) is 0 Å². The molecule has 100 valence electrons. The molecule has 1 saturated heterocycles. The van der Waals surface area contributed by atoms with E-state index in [4.69, 9.17) is 14.2 Å². The first kappa shape index (κ1) is 13.5. The predicted octanol–water partition coefficient (Wildman–Crippen LogP) is 3.13. The van der Waals surface area contributed by atoms with Crippen LogP contribution in [0.5, 0.6) is 0 Å². The SMILES string of the molecule is C[C@H](COCc1ccccc1)OC1CCCCO1. The summed E-state index contributed by atoms with van der Waals surface area (Å²) in [7, 11) is 0. The smallest absolute Gasteiger partial charge is 0.158 e. The van der Waals surface area contributed by atoms with Gasteiger partial charge < -0.3 is 14.2 Å². The standard InChI is InChI=1S/C15H22O3/c1-13(18-15-9-5-6-10-17-15)11-16-12-14-7-3-2-4-8-14/h2-4,7-8,13,15H,5-6,9-12H2,1H3/t13-,15?/m1/s1. The molecule has 0 radical (unpaired) electrons. The van der Waals surface area contributed by atoms with Crippen LogP contribution in [0.15, 0.2) is 30.3 Å². The van der Waals surface area contributed by atoms with Crippen molar-refractivity contribution < 1.29 is 14.2 Å². The van der Waals surface area contributed by atoms with Gasteiger partial charge in [-0.25, -0.2) is 0 Å². The molecule has 1 aromatic carbocycles. The van der Waals surface area contributed by atoms with Crippen molar-refractivity contribution in [3.63, 3.8) is 0 Å². The van der Waals surface area contributed by atoms with Gasteiger partial charge in [-0.2, -0.15) is 0 Å². The van der Waals surface area contributed by atoms with Crippen LogP contribution in [0.25, 0.3) is 0 Å². The molecule has 0 spiro atoms. The molecule has 1 unspecified atom stereocenters. The summed E-state index contributed by atoms with van der Waals surface area (Å²) in [6.45, 7) is 4.10. The van der Waals surface area contributed by atoms with Crippen molar-refractivity contribution in [2.75, 3.05) is 13.2 Å². The summed E-state index contributed by atoms with van der Waals surface area (Å²) in [5.74, 6) is 0. The topological polar surface area (TPSA) is 27.7 Å². The van der Waals surface area contributed by atoms with E-state index < -0.39 is 0 Å². The molecule has 1 aliphatic heterocycles. The Kier molecular flexibility index (Phi) is 5.65. The summed E-state index contributed by atoms with van der Waals surface area (Å²) < 4.78 is 17.0. The van der Waals surface area contributed by atoms with Gasteiger partial charge in [0.2, 0.25) is 0 Å². The molecule has 0 saturated carbocycles. The lowest BCUT2D eigenvalue weighted by Crippen LogP contribution is -2.28. The molecule has 1 heterocycles. The fourth-order valence-corrected chi connectivity index (χ4v) is 2.03. The summed E-state index contributed by atoms with van der Waals surface area (Å²) in [6, 6.07) is 10.2. The Hall–Kier alpha value is -0.900. The molecule has 1 aliphatic rings. The van der Waals surface area contributed by atoms with E-state index in [1.165, 1.54) is 12.0 Å². The molecular formula is C15H22O3. The van der Waals surface area contributed by atoms with E-state index in [2.05, 4.69) is 12.1 Å². The molecule has 0 aliphatic carbocycles. The van der Waals surface area contributed by atoms with Gasteiger partial charge in [0.25, 0.3) is 0 Å². The molecular weight excluding hydrogens is 228 g/mol. The summed E-state index contributed by atoms with van der Waals surface area (Å²) in [6.07, 6.45) is 3.40. The third-order valence-electron chi connectivity index (χ3n) is 2.99. The van der Waals surface area contributed by atoms with E-state index >= 15 is 0 Å². The third-order valence-corrected chi connectivity index (χ3v) is 2.99. The highest BCUT2D eigenvalue weighted by Crippen LogP contribution is 2.15. The van der Waals surface area contributed by atoms with Gasteiger partial charge in [-0.05, 0) is 31.7 Å². The maximum atomic E-state index is 5.78. The fourth-order valence-electron chi connectivity index (χ4n) is 2.03. The second kappa shape index (κ2) is 7.52. The average molecular weight is 250 g/mol. The number of rotatable bonds is 6. The Labute approximate surface area is 109 Å². The van der Waals surface area contributed by atoms with Crippen molar-refractivity contribution >= 4 is 0 Å². The predicted molar refractivity (Wildman–Crippen MR) is 70.2 cm³/mol. The van der Waals surface area contributed by atoms with Gasteiger partial charge in [-0.1, -0.05) is 30.3 Å². The number of ether oxygens (including phenoxy) is 3. The fraction of sp³-hybridized carbons (Fsp3) is 0.600. The van der Waals surface area contributed by atoms with E-state index in [1.807, 2.05) is 25.1 Å². The van der Waals surface area contributed by atoms with Gasteiger partial charge in [-0.15, -0.1) is 0 Å². The van der Waals surface area contributed by atoms with E-state index in [0.717, 1.165) is 19.4 Å². The van der Waals surface area contributed by atoms with Crippen molar-refractivity contribution in [2.24, 2.45) is 0 Å². The summed E-state index contributed by atoms with van der Waals surface area (Å²) in [4.78, 5) is 0. The van der Waals surface area contributed by atoms with Crippen molar-refractivity contribution in [3.05, 3.63) is 35.9 Å². The minimum absolute atomic E-state index is 0.0333. The van der Waals surface area contributed by atoms with E-state index in [9.17, 15) is 0 Å². The van der Waals surface area contributed by atoms with E-state index in [0.29, 0.717) is 13.2 Å². The molecule has 3 heteroatoms. The monoisotopic (exact) mass is 250 g/mol. The van der Waals surface area contributed by atoms with Crippen molar-refractivity contribution in [2.45, 2.75) is 45.2 Å². The van der Waals surface area contributed by atoms with Crippen molar-refractivity contribution in [3.8, 4) is 0 Å². The molecule has 0 aromatic heterocycles. The highest BCUT2D eigenvalue weighted by molar-refractivity contribution is 5.13. The normalized spacial score (nSPS) is 21.7. The minimum atomic E-state index is -0.0333. The zero-order chi connectivity index (χ0) is 12.6. The lowest BCUT2D eigenvalue weighted by atomic mass is 10.2. The van der Waals surface area contributed by atoms with Crippen LogP contribution >= 0.6 is 0 Å². The molecule has 18 heavy (non-hydrogen) atoms. The molecule has 2 rings (SSSR count). The second-order valence-corrected chi connectivity index (χ2v) is 4.74. The third kappa shape index (κ3) is 4.77. The minimum Gasteiger partial charge on any atom is -0.374 e. The first-order chi connectivity index (χ1) is 8.84. The summed E-state index contributed by atoms with van der Waals surface area (Å²) in [5, 5.41) is 0. The van der Waals surface area contributed by atoms with Crippen LogP contribution in [0.1, 0.15) is 31.7 Å². The van der Waals surface area contributed by atoms with Gasteiger partial charge in [0.15, 0.2) is 6.29 Å². The molecule has 0 amide bonds. The Balaban J connectivity index is 1.61. The maximum Gasteiger partial charge on any atom is 0.158 e. The number of benzene rings is 1. The van der Waals surface area contributed by atoms with Crippen molar-refractivity contribution in [1.29, 1.82) is 0 Å². The number of hydrogen-bond acceptors (Lipinski definition) is 3. The van der Waals surface area contributed by atoms with Gasteiger partial charge in [0.1, 0.15) is 0 Å². The van der Waals surface area contributed by atoms with Crippen LogP contribution in [0, 0.1) is 0 Å². The zero-order valence-electron chi connectivity index (χ0n) is 11.0. The lowest BCUT2D eigenvalue weighted by Gasteiger charge is -2.25. The number of hydrogen-bond donors (Lipinski definition) is 0. The molecule has 0 N–H and O–H groups in total. The first-order valence-electron chi connectivity index (χ1n) is 6.73. The lowest BCUT2D eigenvalue weighted by molar-refractivity contribution is -0.194. The maximum absolute atomic E-state index is 5.78. The van der Waals surface area contributed by atoms with Crippen LogP contribution in [0.4, 0.5) is 0 Å². The summed E-state index contributed by atoms with van der Waals surface area (Å²) >= 11 is 0. The highest BCUT2D eigenvalue weighted by Gasteiger charge is 2.17. The molecule has 3 nitrogen and oxygen atoms in total. The van der Waals surface area contributed by atoms with Gasteiger partial charge in [0.05, 0.1) is 19.3 Å². The van der Waals surface area contributed by atoms with Crippen LogP contribution < -0.4 is 0 Å². The Morgan fingerprint density at radius 3 is 2.83 bits per heavy atom. The van der Waals surface area contributed by atoms with Crippen LogP contribution in [-0.4, -0.2) is 25.6 Å². The summed E-state index contributed by atoms with van der Waals surface area (Å²) in [5.41, 5.74) is 1.19. The Bertz CT molecular complexity index is 320. The van der Waals surface area contributed by atoms with Crippen molar-refractivity contribution in [1.82, 2.24) is 0 Å². The zero-order valence-corrected chi connectivity index (χ0v) is 11.0.